The van der Waals surface area contributed by atoms with Crippen LogP contribution in [0.1, 0.15) is 58.9 Å². The van der Waals surface area contributed by atoms with Crippen molar-refractivity contribution in [3.63, 3.8) is 0 Å². The molecule has 1 aliphatic carbocycles. The molecule has 4 rings (SSSR count). The number of carbonyl (C=O) groups is 1. The van der Waals surface area contributed by atoms with Crippen LogP contribution in [0, 0.1) is 11.3 Å². The summed E-state index contributed by atoms with van der Waals surface area (Å²) in [6, 6.07) is 2.69. The number of amidine groups is 1. The van der Waals surface area contributed by atoms with Crippen molar-refractivity contribution in [2.75, 3.05) is 37.0 Å². The lowest BCUT2D eigenvalue weighted by molar-refractivity contribution is 0.0541. The summed E-state index contributed by atoms with van der Waals surface area (Å²) < 4.78 is 4.84. The second-order valence-electron chi connectivity index (χ2n) is 10.2. The van der Waals surface area contributed by atoms with Gasteiger partial charge in [-0.05, 0) is 53.0 Å². The third-order valence-electron chi connectivity index (χ3n) is 6.70. The molecular weight excluding hydrogens is 442 g/mol. The van der Waals surface area contributed by atoms with Crippen LogP contribution in [0.15, 0.2) is 35.6 Å². The van der Waals surface area contributed by atoms with Gasteiger partial charge in [0.05, 0.1) is 11.6 Å². The van der Waals surface area contributed by atoms with E-state index in [0.29, 0.717) is 11.6 Å². The Bertz CT molecular complexity index is 1060. The fourth-order valence-electron chi connectivity index (χ4n) is 4.62. The summed E-state index contributed by atoms with van der Waals surface area (Å²) in [5, 5.41) is 11.6. The van der Waals surface area contributed by atoms with Crippen LogP contribution in [0.5, 0.6) is 0 Å². The van der Waals surface area contributed by atoms with Crippen molar-refractivity contribution in [1.82, 2.24) is 15.3 Å². The summed E-state index contributed by atoms with van der Waals surface area (Å²) >= 11 is 0. The van der Waals surface area contributed by atoms with E-state index in [1.807, 2.05) is 20.8 Å². The van der Waals surface area contributed by atoms with Gasteiger partial charge in [0.25, 0.3) is 0 Å². The Morgan fingerprint density at radius 2 is 2.06 bits per heavy atom. The molecule has 1 aromatic heterocycles. The number of aromatic nitrogens is 2. The van der Waals surface area contributed by atoms with E-state index >= 15 is 0 Å². The number of alkyl carbamates (subject to hydrolysis) is 1. The van der Waals surface area contributed by atoms with Crippen molar-refractivity contribution in [1.29, 1.82) is 5.26 Å². The third-order valence-corrected chi connectivity index (χ3v) is 6.70. The number of carbonyl (C=O) groups excluding carboxylic acids is 1. The van der Waals surface area contributed by atoms with Crippen LogP contribution in [-0.4, -0.2) is 60.7 Å². The maximum absolute atomic E-state index is 10.5. The summed E-state index contributed by atoms with van der Waals surface area (Å²) in [6.07, 6.45) is 9.41. The number of rotatable bonds is 3. The second kappa shape index (κ2) is 10.5. The molecule has 1 saturated heterocycles. The van der Waals surface area contributed by atoms with Crippen LogP contribution in [-0.2, 0) is 10.2 Å². The van der Waals surface area contributed by atoms with Crippen LogP contribution >= 0.6 is 0 Å². The minimum absolute atomic E-state index is 0.117. The van der Waals surface area contributed by atoms with Crippen molar-refractivity contribution in [2.45, 2.75) is 70.4 Å². The van der Waals surface area contributed by atoms with E-state index in [4.69, 9.17) is 4.74 Å². The quantitative estimate of drug-likeness (QED) is 0.301. The van der Waals surface area contributed by atoms with Crippen molar-refractivity contribution < 1.29 is 9.53 Å². The minimum atomic E-state index is -0.389. The molecule has 0 radical (unpaired) electrons. The maximum Gasteiger partial charge on any atom is 0.407 e. The molecule has 0 aromatic carbocycles. The number of aliphatic imine (C=N–C) groups is 1. The predicted molar refractivity (Wildman–Crippen MR) is 139 cm³/mol. The van der Waals surface area contributed by atoms with Crippen molar-refractivity contribution in [2.24, 2.45) is 4.99 Å². The Labute approximate surface area is 208 Å². The fraction of sp³-hybridized carbons (Fsp3) is 0.577. The molecule has 1 saturated carbocycles. The lowest BCUT2D eigenvalue weighted by Gasteiger charge is -2.44. The Morgan fingerprint density at radius 3 is 2.46 bits per heavy atom. The summed E-state index contributed by atoms with van der Waals surface area (Å²) in [5.74, 6) is 2.80. The smallest absolute Gasteiger partial charge is 0.407 e. The van der Waals surface area contributed by atoms with Gasteiger partial charge in [-0.3, -0.25) is 4.99 Å². The number of nitrogens with one attached hydrogen (secondary N) is 1. The zero-order valence-electron chi connectivity index (χ0n) is 21.8. The molecule has 1 aromatic rings. The highest BCUT2D eigenvalue weighted by atomic mass is 16.6. The van der Waals surface area contributed by atoms with Crippen molar-refractivity contribution in [3.05, 3.63) is 36.2 Å². The Balaban J connectivity index is 0.000000327. The van der Waals surface area contributed by atoms with Crippen LogP contribution < -0.4 is 15.1 Å². The van der Waals surface area contributed by atoms with Gasteiger partial charge < -0.3 is 19.9 Å². The number of ether oxygens (including phenoxy) is 1. The summed E-state index contributed by atoms with van der Waals surface area (Å²) in [5.41, 5.74) is 1.52. The van der Waals surface area contributed by atoms with Crippen molar-refractivity contribution in [3.8, 4) is 6.07 Å². The molecule has 1 N–H and O–H groups in total. The molecule has 35 heavy (non-hydrogen) atoms. The number of fused-ring (bicyclic) bond motifs is 2. The largest absolute Gasteiger partial charge is 0.444 e. The average Bonchev–Trinajstić information content (AvgIpc) is 3.15. The normalized spacial score (nSPS) is 20.5. The molecule has 1 amide bonds. The van der Waals surface area contributed by atoms with E-state index < -0.39 is 0 Å². The minimum Gasteiger partial charge on any atom is -0.444 e. The van der Waals surface area contributed by atoms with Crippen LogP contribution in [0.2, 0.25) is 0 Å². The Morgan fingerprint density at radius 1 is 1.37 bits per heavy atom. The van der Waals surface area contributed by atoms with E-state index in [1.54, 1.807) is 25.5 Å². The molecule has 9 nitrogen and oxygen atoms in total. The first-order chi connectivity index (χ1) is 16.6. The third kappa shape index (κ3) is 5.47. The molecule has 0 bridgehead atoms. The van der Waals surface area contributed by atoms with Gasteiger partial charge >= 0.3 is 6.09 Å². The van der Waals surface area contributed by atoms with Gasteiger partial charge in [0.1, 0.15) is 29.4 Å². The van der Waals surface area contributed by atoms with Crippen LogP contribution in [0.3, 0.4) is 0 Å². The van der Waals surface area contributed by atoms with Gasteiger partial charge in [-0.1, -0.05) is 19.1 Å². The first-order valence-corrected chi connectivity index (χ1v) is 12.1. The lowest BCUT2D eigenvalue weighted by atomic mass is 9.66. The van der Waals surface area contributed by atoms with Crippen molar-refractivity contribution >= 4 is 23.6 Å². The molecule has 188 valence electrons. The van der Waals surface area contributed by atoms with E-state index in [0.717, 1.165) is 43.4 Å². The molecule has 3 aliphatic rings. The number of nitrogens with zero attached hydrogens (tertiary/aromatic N) is 6. The summed E-state index contributed by atoms with van der Waals surface area (Å²) in [7, 11) is 3.29. The molecular formula is C26H37N7O2. The zero-order valence-corrected chi connectivity index (χ0v) is 21.8. The Kier molecular flexibility index (Phi) is 7.83. The standard InChI is InChI=1S/C20H24N6.C6H13NO2/c1-4-15(11-21)10-16(22-3)26-12-20(7-5-8-20)17-18(23-13-24-19(17)26)25-9-6-14(25)2;1-6(2,3)9-5(8)7-4/h4,10,13-14H,1,5-9,12H2,2-3H3;1-4H3,(H,7,8)/b15-10+,22-16?;/t14-;/m0./s1. The van der Waals surface area contributed by atoms with Crippen LogP contribution in [0.4, 0.5) is 16.4 Å². The SMILES string of the molecule is C=C/C(C#N)=C\C(=NC)N1CC2(CCC2)c2c1ncnc2N1CC[C@@H]1C.CNC(=O)OC(C)(C)C. The molecule has 0 unspecified atom stereocenters. The summed E-state index contributed by atoms with van der Waals surface area (Å²) in [4.78, 5) is 28.8. The van der Waals surface area contributed by atoms with Gasteiger partial charge in [0, 0.05) is 44.2 Å². The molecule has 9 heteroatoms. The molecule has 2 fully saturated rings. The lowest BCUT2D eigenvalue weighted by Crippen LogP contribution is -2.48. The first kappa shape index (κ1) is 26.2. The molecule has 1 atom stereocenters. The predicted octanol–water partition coefficient (Wildman–Crippen LogP) is 4.12. The molecule has 3 heterocycles. The van der Waals surface area contributed by atoms with E-state index in [1.165, 1.54) is 25.5 Å². The second-order valence-corrected chi connectivity index (χ2v) is 10.2. The monoisotopic (exact) mass is 479 g/mol. The number of hydrogen-bond donors (Lipinski definition) is 1. The van der Waals surface area contributed by atoms with Gasteiger partial charge in [0.2, 0.25) is 0 Å². The Hall–Kier alpha value is -3.41. The van der Waals surface area contributed by atoms with E-state index in [9.17, 15) is 10.1 Å². The number of allylic oxidation sites excluding steroid dienone is 2. The maximum atomic E-state index is 10.5. The van der Waals surface area contributed by atoms with Crippen LogP contribution in [0.25, 0.3) is 0 Å². The number of anilines is 2. The van der Waals surface area contributed by atoms with Gasteiger partial charge in [-0.15, -0.1) is 0 Å². The first-order valence-electron chi connectivity index (χ1n) is 12.1. The fourth-order valence-corrected chi connectivity index (χ4v) is 4.62. The van der Waals surface area contributed by atoms with E-state index in [2.05, 4.69) is 49.6 Å². The molecule has 1 spiro atoms. The highest BCUT2D eigenvalue weighted by Gasteiger charge is 2.51. The highest BCUT2D eigenvalue weighted by molar-refractivity contribution is 6.08. The topological polar surface area (TPSA) is 107 Å². The number of hydrogen-bond acceptors (Lipinski definition) is 7. The highest BCUT2D eigenvalue weighted by Crippen LogP contribution is 2.55. The zero-order chi connectivity index (χ0) is 25.8. The number of nitriles is 1. The van der Waals surface area contributed by atoms with Gasteiger partial charge in [-0.25, -0.2) is 14.8 Å². The van der Waals surface area contributed by atoms with E-state index in [-0.39, 0.29) is 17.1 Å². The summed E-state index contributed by atoms with van der Waals surface area (Å²) in [6.45, 7) is 13.3. The van der Waals surface area contributed by atoms with Gasteiger partial charge in [0.15, 0.2) is 0 Å². The average molecular weight is 480 g/mol. The van der Waals surface area contributed by atoms with Gasteiger partial charge in [-0.2, -0.15) is 5.26 Å². The number of amides is 1. The molecule has 2 aliphatic heterocycles.